The van der Waals surface area contributed by atoms with Crippen molar-refractivity contribution in [3.63, 3.8) is 0 Å². The normalized spacial score (nSPS) is 16.2. The number of hydrogen-bond acceptors (Lipinski definition) is 5. The maximum absolute atomic E-state index is 13.1. The summed E-state index contributed by atoms with van der Waals surface area (Å²) in [5, 5.41) is 1.32. The highest BCUT2D eigenvalue weighted by molar-refractivity contribution is 8.00. The van der Waals surface area contributed by atoms with Crippen LogP contribution >= 0.6 is 23.4 Å². The summed E-state index contributed by atoms with van der Waals surface area (Å²) in [6.07, 6.45) is 0.111. The van der Waals surface area contributed by atoms with Gasteiger partial charge in [-0.25, -0.2) is 14.9 Å². The van der Waals surface area contributed by atoms with Crippen LogP contribution in [0.2, 0.25) is 5.02 Å². The summed E-state index contributed by atoms with van der Waals surface area (Å²) in [6.45, 7) is 1.96. The minimum Gasteiger partial charge on any atom is -0.274 e. The van der Waals surface area contributed by atoms with Crippen molar-refractivity contribution in [2.75, 3.05) is 4.90 Å². The van der Waals surface area contributed by atoms with Gasteiger partial charge in [0.1, 0.15) is 5.25 Å². The molecular formula is C25H18ClN3O2S. The zero-order chi connectivity index (χ0) is 22.2. The number of fused-ring (bicyclic) bond motifs is 1. The Labute approximate surface area is 194 Å². The highest BCUT2D eigenvalue weighted by Crippen LogP contribution is 2.35. The van der Waals surface area contributed by atoms with Gasteiger partial charge in [0.05, 0.1) is 16.9 Å². The molecule has 5 nitrogen and oxygen atoms in total. The van der Waals surface area contributed by atoms with Crippen LogP contribution in [0.5, 0.6) is 0 Å². The highest BCUT2D eigenvalue weighted by atomic mass is 35.5. The number of hydrogen-bond donors (Lipinski definition) is 0. The van der Waals surface area contributed by atoms with E-state index >= 15 is 0 Å². The first kappa shape index (κ1) is 20.7. The van der Waals surface area contributed by atoms with Gasteiger partial charge in [-0.05, 0) is 37.3 Å². The molecule has 3 aromatic carbocycles. The van der Waals surface area contributed by atoms with E-state index in [4.69, 9.17) is 16.6 Å². The first-order valence-corrected chi connectivity index (χ1v) is 11.4. The Balaban J connectivity index is 1.50. The molecule has 7 heteroatoms. The third-order valence-electron chi connectivity index (χ3n) is 5.33. The van der Waals surface area contributed by atoms with Crippen molar-refractivity contribution >= 4 is 51.8 Å². The van der Waals surface area contributed by atoms with Gasteiger partial charge in [0.25, 0.3) is 0 Å². The minimum atomic E-state index is -0.572. The molecule has 1 saturated heterocycles. The van der Waals surface area contributed by atoms with Crippen LogP contribution in [0.3, 0.4) is 0 Å². The van der Waals surface area contributed by atoms with Crippen LogP contribution in [0.4, 0.5) is 5.69 Å². The lowest BCUT2D eigenvalue weighted by Crippen LogP contribution is -2.31. The summed E-state index contributed by atoms with van der Waals surface area (Å²) in [5.41, 5.74) is 4.06. The number of amides is 2. The minimum absolute atomic E-state index is 0.111. The summed E-state index contributed by atoms with van der Waals surface area (Å²) in [6, 6.07) is 22.6. The first-order valence-electron chi connectivity index (χ1n) is 10.1. The SMILES string of the molecule is Cc1ccc(N2C(=O)C[C@H](Sc3nc(-c4ccccc4)c4cc(Cl)ccc4n3)C2=O)cc1. The number of thioether (sulfide) groups is 1. The van der Waals surface area contributed by atoms with Gasteiger partial charge in [0, 0.05) is 22.4 Å². The summed E-state index contributed by atoms with van der Waals surface area (Å²) < 4.78 is 0. The topological polar surface area (TPSA) is 63.2 Å². The average Bonchev–Trinajstić information content (AvgIpc) is 3.07. The van der Waals surface area contributed by atoms with Crippen molar-refractivity contribution < 1.29 is 9.59 Å². The van der Waals surface area contributed by atoms with Crippen LogP contribution in [-0.2, 0) is 9.59 Å². The number of nitrogens with zero attached hydrogens (tertiary/aromatic N) is 3. The van der Waals surface area contributed by atoms with Crippen LogP contribution < -0.4 is 4.90 Å². The molecule has 0 spiro atoms. The number of carbonyl (C=O) groups excluding carboxylic acids is 2. The Morgan fingerprint density at radius 1 is 0.969 bits per heavy atom. The van der Waals surface area contributed by atoms with E-state index in [1.54, 1.807) is 18.2 Å². The van der Waals surface area contributed by atoms with Crippen LogP contribution in [0, 0.1) is 6.92 Å². The van der Waals surface area contributed by atoms with E-state index in [2.05, 4.69) is 4.98 Å². The van der Waals surface area contributed by atoms with Gasteiger partial charge in [0.2, 0.25) is 11.8 Å². The molecule has 5 rings (SSSR count). The van der Waals surface area contributed by atoms with E-state index in [0.29, 0.717) is 15.9 Å². The lowest BCUT2D eigenvalue weighted by molar-refractivity contribution is -0.121. The van der Waals surface area contributed by atoms with Gasteiger partial charge in [0.15, 0.2) is 5.16 Å². The summed E-state index contributed by atoms with van der Waals surface area (Å²) in [4.78, 5) is 36.4. The maximum atomic E-state index is 13.1. The van der Waals surface area contributed by atoms with Crippen molar-refractivity contribution in [3.8, 4) is 11.3 Å². The molecule has 0 bridgehead atoms. The fourth-order valence-electron chi connectivity index (χ4n) is 3.74. The average molecular weight is 460 g/mol. The van der Waals surface area contributed by atoms with Crippen molar-refractivity contribution in [2.24, 2.45) is 0 Å². The summed E-state index contributed by atoms with van der Waals surface area (Å²) in [7, 11) is 0. The van der Waals surface area contributed by atoms with Gasteiger partial charge in [-0.1, -0.05) is 71.4 Å². The second kappa shape index (κ2) is 8.37. The van der Waals surface area contributed by atoms with E-state index in [9.17, 15) is 9.59 Å². The van der Waals surface area contributed by atoms with Gasteiger partial charge in [-0.2, -0.15) is 0 Å². The van der Waals surface area contributed by atoms with Gasteiger partial charge in [-0.3, -0.25) is 9.59 Å². The molecule has 0 saturated carbocycles. The zero-order valence-electron chi connectivity index (χ0n) is 17.2. The molecule has 2 amide bonds. The molecule has 0 aliphatic carbocycles. The standard InChI is InChI=1S/C25H18ClN3O2S/c1-15-7-10-18(11-8-15)29-22(30)14-21(24(29)31)32-25-27-20-12-9-17(26)13-19(20)23(28-25)16-5-3-2-4-6-16/h2-13,21H,14H2,1H3/t21-/m0/s1. The van der Waals surface area contributed by atoms with E-state index in [1.807, 2.05) is 61.5 Å². The molecule has 4 aromatic rings. The third kappa shape index (κ3) is 3.87. The van der Waals surface area contributed by atoms with Crippen LogP contribution in [0.25, 0.3) is 22.2 Å². The molecule has 0 N–H and O–H groups in total. The molecule has 158 valence electrons. The second-order valence-corrected chi connectivity index (χ2v) is 9.20. The molecular weight excluding hydrogens is 442 g/mol. The molecule has 1 aliphatic heterocycles. The fraction of sp³-hybridized carbons (Fsp3) is 0.120. The summed E-state index contributed by atoms with van der Waals surface area (Å²) >= 11 is 7.45. The van der Waals surface area contributed by atoms with Gasteiger partial charge in [-0.15, -0.1) is 0 Å². The maximum Gasteiger partial charge on any atom is 0.247 e. The van der Waals surface area contributed by atoms with Gasteiger partial charge < -0.3 is 0 Å². The molecule has 0 unspecified atom stereocenters. The third-order valence-corrected chi connectivity index (χ3v) is 6.61. The molecule has 0 radical (unpaired) electrons. The zero-order valence-corrected chi connectivity index (χ0v) is 18.7. The van der Waals surface area contributed by atoms with E-state index < -0.39 is 5.25 Å². The molecule has 1 aromatic heterocycles. The van der Waals surface area contributed by atoms with Gasteiger partial charge >= 0.3 is 0 Å². The Kier molecular flexibility index (Phi) is 5.41. The lowest BCUT2D eigenvalue weighted by Gasteiger charge is -2.15. The monoisotopic (exact) mass is 459 g/mol. The van der Waals surface area contributed by atoms with Crippen LogP contribution in [-0.4, -0.2) is 27.0 Å². The van der Waals surface area contributed by atoms with E-state index in [0.717, 1.165) is 27.7 Å². The van der Waals surface area contributed by atoms with Crippen LogP contribution in [0.15, 0.2) is 78.0 Å². The van der Waals surface area contributed by atoms with Crippen molar-refractivity contribution in [2.45, 2.75) is 23.8 Å². The predicted octanol–water partition coefficient (Wildman–Crippen LogP) is 5.68. The van der Waals surface area contributed by atoms with Crippen molar-refractivity contribution in [1.29, 1.82) is 0 Å². The molecule has 1 atom stereocenters. The molecule has 1 aliphatic rings. The van der Waals surface area contributed by atoms with Crippen molar-refractivity contribution in [1.82, 2.24) is 9.97 Å². The number of aromatic nitrogens is 2. The Hall–Kier alpha value is -3.22. The van der Waals surface area contributed by atoms with E-state index in [-0.39, 0.29) is 18.2 Å². The first-order chi connectivity index (χ1) is 15.5. The summed E-state index contributed by atoms with van der Waals surface area (Å²) in [5.74, 6) is -0.461. The number of rotatable bonds is 4. The fourth-order valence-corrected chi connectivity index (χ4v) is 4.89. The molecule has 2 heterocycles. The second-order valence-electron chi connectivity index (χ2n) is 7.60. The number of carbonyl (C=O) groups is 2. The number of aryl methyl sites for hydroxylation is 1. The highest BCUT2D eigenvalue weighted by Gasteiger charge is 2.40. The number of halogens is 1. The molecule has 32 heavy (non-hydrogen) atoms. The molecule has 1 fully saturated rings. The van der Waals surface area contributed by atoms with Crippen LogP contribution in [0.1, 0.15) is 12.0 Å². The Morgan fingerprint density at radius 3 is 2.47 bits per heavy atom. The predicted molar refractivity (Wildman–Crippen MR) is 128 cm³/mol. The number of anilines is 1. The van der Waals surface area contributed by atoms with Crippen molar-refractivity contribution in [3.05, 3.63) is 83.4 Å². The quantitative estimate of drug-likeness (QED) is 0.290. The van der Waals surface area contributed by atoms with E-state index in [1.165, 1.54) is 16.7 Å². The Bertz CT molecular complexity index is 1340. The lowest BCUT2D eigenvalue weighted by atomic mass is 10.1. The Morgan fingerprint density at radius 2 is 1.72 bits per heavy atom. The smallest absolute Gasteiger partial charge is 0.247 e. The number of benzene rings is 3. The number of imide groups is 1. The largest absolute Gasteiger partial charge is 0.274 e.